The molecule has 2 rings (SSSR count). The third-order valence-corrected chi connectivity index (χ3v) is 2.94. The van der Waals surface area contributed by atoms with Gasteiger partial charge in [0.15, 0.2) is 0 Å². The Bertz CT molecular complexity index is 448. The zero-order chi connectivity index (χ0) is 13.1. The maximum atomic E-state index is 12.6. The number of benzene rings is 1. The highest BCUT2D eigenvalue weighted by Gasteiger charge is 2.23. The lowest BCUT2D eigenvalue weighted by Crippen LogP contribution is -2.32. The molecule has 98 valence electrons. The van der Waals surface area contributed by atoms with Crippen molar-refractivity contribution in [1.29, 1.82) is 0 Å². The van der Waals surface area contributed by atoms with Crippen LogP contribution < -0.4 is 9.64 Å². The first-order valence-electron chi connectivity index (χ1n) is 5.94. The second-order valence-electron chi connectivity index (χ2n) is 4.24. The molecule has 1 amide bonds. The van der Waals surface area contributed by atoms with Gasteiger partial charge < -0.3 is 14.7 Å². The van der Waals surface area contributed by atoms with Gasteiger partial charge in [0.2, 0.25) is 5.91 Å². The fourth-order valence-electron chi connectivity index (χ4n) is 1.97. The van der Waals surface area contributed by atoms with Crippen molar-refractivity contribution in [3.8, 4) is 5.75 Å². The van der Waals surface area contributed by atoms with Gasteiger partial charge in [-0.3, -0.25) is 4.79 Å². The van der Waals surface area contributed by atoms with Crippen molar-refractivity contribution in [1.82, 2.24) is 0 Å². The summed E-state index contributed by atoms with van der Waals surface area (Å²) in [5.74, 6) is 0.396. The van der Waals surface area contributed by atoms with Crippen LogP contribution in [-0.4, -0.2) is 30.8 Å². The Labute approximate surface area is 105 Å². The third kappa shape index (κ3) is 2.46. The van der Waals surface area contributed by atoms with Crippen LogP contribution in [0.3, 0.4) is 0 Å². The van der Waals surface area contributed by atoms with E-state index in [0.29, 0.717) is 23.6 Å². The highest BCUT2D eigenvalue weighted by Crippen LogP contribution is 2.33. The van der Waals surface area contributed by atoms with E-state index in [1.165, 1.54) is 4.90 Å². The van der Waals surface area contributed by atoms with Crippen molar-refractivity contribution in [3.05, 3.63) is 23.8 Å². The fourth-order valence-corrected chi connectivity index (χ4v) is 1.97. The molecule has 0 aromatic heterocycles. The van der Waals surface area contributed by atoms with Crippen molar-refractivity contribution in [2.75, 3.05) is 24.7 Å². The zero-order valence-corrected chi connectivity index (χ0v) is 10.2. The number of halogens is 1. The molecule has 0 saturated heterocycles. The van der Waals surface area contributed by atoms with Gasteiger partial charge in [0.05, 0.1) is 31.4 Å². The SMILES string of the molecule is CC(O)c1ccc2c(c1)N(CCF)C(=O)CCO2. The first-order valence-corrected chi connectivity index (χ1v) is 5.94. The lowest BCUT2D eigenvalue weighted by Gasteiger charge is -2.21. The molecular weight excluding hydrogens is 237 g/mol. The number of alkyl halides is 1. The number of fused-ring (bicyclic) bond motifs is 1. The molecular formula is C13H16FNO3. The molecule has 0 saturated carbocycles. The van der Waals surface area contributed by atoms with Gasteiger partial charge in [-0.05, 0) is 24.6 Å². The van der Waals surface area contributed by atoms with E-state index in [0.717, 1.165) is 0 Å². The predicted octanol–water partition coefficient (Wildman–Crippen LogP) is 1.82. The van der Waals surface area contributed by atoms with Crippen LogP contribution in [0.1, 0.15) is 25.0 Å². The number of anilines is 1. The Kier molecular flexibility index (Phi) is 3.81. The van der Waals surface area contributed by atoms with Gasteiger partial charge in [0.25, 0.3) is 0 Å². The lowest BCUT2D eigenvalue weighted by molar-refractivity contribution is -0.118. The maximum Gasteiger partial charge on any atom is 0.230 e. The molecule has 1 unspecified atom stereocenters. The summed E-state index contributed by atoms with van der Waals surface area (Å²) >= 11 is 0. The summed E-state index contributed by atoms with van der Waals surface area (Å²) in [4.78, 5) is 13.2. The first kappa shape index (κ1) is 12.8. The Morgan fingerprint density at radius 1 is 1.56 bits per heavy atom. The minimum atomic E-state index is -0.638. The van der Waals surface area contributed by atoms with Crippen molar-refractivity contribution in [3.63, 3.8) is 0 Å². The van der Waals surface area contributed by atoms with Crippen molar-refractivity contribution in [2.24, 2.45) is 0 Å². The number of hydrogen-bond donors (Lipinski definition) is 1. The molecule has 1 aromatic carbocycles. The highest BCUT2D eigenvalue weighted by atomic mass is 19.1. The van der Waals surface area contributed by atoms with Crippen LogP contribution in [0.25, 0.3) is 0 Å². The molecule has 5 heteroatoms. The molecule has 0 radical (unpaired) electrons. The van der Waals surface area contributed by atoms with Crippen LogP contribution in [0.15, 0.2) is 18.2 Å². The van der Waals surface area contributed by atoms with Gasteiger partial charge in [0, 0.05) is 0 Å². The predicted molar refractivity (Wildman–Crippen MR) is 65.5 cm³/mol. The molecule has 0 bridgehead atoms. The van der Waals surface area contributed by atoms with Crippen LogP contribution in [-0.2, 0) is 4.79 Å². The van der Waals surface area contributed by atoms with E-state index in [9.17, 15) is 14.3 Å². The van der Waals surface area contributed by atoms with E-state index >= 15 is 0 Å². The van der Waals surface area contributed by atoms with Crippen molar-refractivity contribution >= 4 is 11.6 Å². The number of carbonyl (C=O) groups excluding carboxylic acids is 1. The Morgan fingerprint density at radius 2 is 2.33 bits per heavy atom. The Morgan fingerprint density at radius 3 is 3.00 bits per heavy atom. The van der Waals surface area contributed by atoms with Gasteiger partial charge >= 0.3 is 0 Å². The van der Waals surface area contributed by atoms with Gasteiger partial charge in [0.1, 0.15) is 12.4 Å². The smallest absolute Gasteiger partial charge is 0.230 e. The summed E-state index contributed by atoms with van der Waals surface area (Å²) in [7, 11) is 0. The molecule has 1 N–H and O–H groups in total. The maximum absolute atomic E-state index is 12.6. The Balaban J connectivity index is 2.44. The molecule has 1 heterocycles. The van der Waals surface area contributed by atoms with Crippen LogP contribution in [0, 0.1) is 0 Å². The molecule has 1 aliphatic rings. The van der Waals surface area contributed by atoms with Crippen LogP contribution in [0.5, 0.6) is 5.75 Å². The van der Waals surface area contributed by atoms with Crippen LogP contribution >= 0.6 is 0 Å². The molecule has 1 aromatic rings. The quantitative estimate of drug-likeness (QED) is 0.894. The summed E-state index contributed by atoms with van der Waals surface area (Å²) in [5.41, 5.74) is 1.21. The normalized spacial score (nSPS) is 16.8. The van der Waals surface area contributed by atoms with E-state index in [1.807, 2.05) is 0 Å². The van der Waals surface area contributed by atoms with Gasteiger partial charge in [-0.1, -0.05) is 6.07 Å². The molecule has 1 atom stereocenters. The second kappa shape index (κ2) is 5.35. The number of ether oxygens (including phenoxy) is 1. The van der Waals surface area contributed by atoms with Crippen LogP contribution in [0.4, 0.5) is 10.1 Å². The number of carbonyl (C=O) groups is 1. The molecule has 18 heavy (non-hydrogen) atoms. The number of aliphatic hydroxyl groups excluding tert-OH is 1. The van der Waals surface area contributed by atoms with Gasteiger partial charge in [-0.25, -0.2) is 4.39 Å². The van der Waals surface area contributed by atoms with E-state index < -0.39 is 12.8 Å². The van der Waals surface area contributed by atoms with Crippen LogP contribution in [0.2, 0.25) is 0 Å². The van der Waals surface area contributed by atoms with E-state index in [4.69, 9.17) is 4.74 Å². The monoisotopic (exact) mass is 253 g/mol. The standard InChI is InChI=1S/C13H16FNO3/c1-9(16)10-2-3-12-11(8-10)15(6-5-14)13(17)4-7-18-12/h2-3,8-9,16H,4-7H2,1H3. The summed E-state index contributed by atoms with van der Waals surface area (Å²) in [6, 6.07) is 5.13. The summed E-state index contributed by atoms with van der Waals surface area (Å²) in [6.45, 7) is 1.34. The van der Waals surface area contributed by atoms with Gasteiger partial charge in [-0.15, -0.1) is 0 Å². The summed E-state index contributed by atoms with van der Waals surface area (Å²) in [6.07, 6.45) is -0.403. The van der Waals surface area contributed by atoms with Crippen molar-refractivity contribution < 1.29 is 19.0 Å². The van der Waals surface area contributed by atoms with Crippen molar-refractivity contribution in [2.45, 2.75) is 19.4 Å². The minimum Gasteiger partial charge on any atom is -0.491 e. The van der Waals surface area contributed by atoms with E-state index in [1.54, 1.807) is 25.1 Å². The number of aliphatic hydroxyl groups is 1. The molecule has 0 aliphatic carbocycles. The second-order valence-corrected chi connectivity index (χ2v) is 4.24. The molecule has 4 nitrogen and oxygen atoms in total. The average molecular weight is 253 g/mol. The molecule has 0 fully saturated rings. The topological polar surface area (TPSA) is 49.8 Å². The number of rotatable bonds is 3. The lowest BCUT2D eigenvalue weighted by atomic mass is 10.1. The number of nitrogens with zero attached hydrogens (tertiary/aromatic N) is 1. The largest absolute Gasteiger partial charge is 0.491 e. The first-order chi connectivity index (χ1) is 8.63. The fraction of sp³-hybridized carbons (Fsp3) is 0.462. The van der Waals surface area contributed by atoms with Gasteiger partial charge in [-0.2, -0.15) is 0 Å². The number of hydrogen-bond acceptors (Lipinski definition) is 3. The molecule has 1 aliphatic heterocycles. The minimum absolute atomic E-state index is 0.0124. The zero-order valence-electron chi connectivity index (χ0n) is 10.2. The van der Waals surface area contributed by atoms with E-state index in [2.05, 4.69) is 0 Å². The highest BCUT2D eigenvalue weighted by molar-refractivity contribution is 5.95. The number of amides is 1. The summed E-state index contributed by atoms with van der Waals surface area (Å²) in [5, 5.41) is 9.56. The third-order valence-electron chi connectivity index (χ3n) is 2.94. The average Bonchev–Trinajstić information content (AvgIpc) is 2.50. The van der Waals surface area contributed by atoms with E-state index in [-0.39, 0.29) is 18.9 Å². The molecule has 0 spiro atoms. The Hall–Kier alpha value is -1.62. The summed E-state index contributed by atoms with van der Waals surface area (Å²) < 4.78 is 18.0.